The van der Waals surface area contributed by atoms with Crippen LogP contribution in [0.5, 0.6) is 0 Å². The van der Waals surface area contributed by atoms with Gasteiger partial charge in [-0.2, -0.15) is 5.26 Å². The van der Waals surface area contributed by atoms with Gasteiger partial charge in [0.05, 0.1) is 12.7 Å². The Balaban J connectivity index is 2.72. The third-order valence-corrected chi connectivity index (χ3v) is 1.83. The lowest BCUT2D eigenvalue weighted by Crippen LogP contribution is -2.23. The second-order valence-corrected chi connectivity index (χ2v) is 2.97. The predicted octanol–water partition coefficient (Wildman–Crippen LogP) is 1.09. The summed E-state index contributed by atoms with van der Waals surface area (Å²) in [6, 6.07) is 8.96. The second kappa shape index (κ2) is 5.78. The number of rotatable bonds is 4. The fraction of sp³-hybridized carbons (Fsp3) is 0.273. The molecule has 1 N–H and O–H groups in total. The monoisotopic (exact) mass is 204 g/mol. The van der Waals surface area contributed by atoms with Crippen LogP contribution in [0, 0.1) is 11.3 Å². The van der Waals surface area contributed by atoms with Crippen molar-refractivity contribution < 1.29 is 9.53 Å². The van der Waals surface area contributed by atoms with Crippen LogP contribution in [0.2, 0.25) is 0 Å². The number of methoxy groups -OCH3 is 1. The van der Waals surface area contributed by atoms with Crippen LogP contribution < -0.4 is 5.32 Å². The van der Waals surface area contributed by atoms with Gasteiger partial charge in [0.1, 0.15) is 6.54 Å². The highest BCUT2D eigenvalue weighted by atomic mass is 16.5. The molecule has 0 fully saturated rings. The number of amides is 1. The van der Waals surface area contributed by atoms with E-state index in [-0.39, 0.29) is 12.5 Å². The Morgan fingerprint density at radius 3 is 3.07 bits per heavy atom. The molecule has 1 aromatic carbocycles. The maximum atomic E-state index is 11.5. The van der Waals surface area contributed by atoms with Gasteiger partial charge < -0.3 is 10.1 Å². The third-order valence-electron chi connectivity index (χ3n) is 1.83. The first-order valence-corrected chi connectivity index (χ1v) is 4.51. The number of nitriles is 1. The molecular formula is C11H12N2O2. The predicted molar refractivity (Wildman–Crippen MR) is 55.1 cm³/mol. The van der Waals surface area contributed by atoms with Crippen molar-refractivity contribution in [2.45, 2.75) is 6.61 Å². The lowest BCUT2D eigenvalue weighted by molar-refractivity contribution is 0.0958. The zero-order valence-corrected chi connectivity index (χ0v) is 8.49. The summed E-state index contributed by atoms with van der Waals surface area (Å²) in [6.45, 7) is 0.493. The van der Waals surface area contributed by atoms with E-state index in [0.29, 0.717) is 12.2 Å². The van der Waals surface area contributed by atoms with Gasteiger partial charge in [-0.25, -0.2) is 0 Å². The van der Waals surface area contributed by atoms with Crippen molar-refractivity contribution in [3.63, 3.8) is 0 Å². The lowest BCUT2D eigenvalue weighted by Gasteiger charge is -2.03. The molecule has 78 valence electrons. The summed E-state index contributed by atoms with van der Waals surface area (Å²) in [5, 5.41) is 10.8. The van der Waals surface area contributed by atoms with Gasteiger partial charge >= 0.3 is 0 Å². The summed E-state index contributed by atoms with van der Waals surface area (Å²) in [7, 11) is 1.60. The summed E-state index contributed by atoms with van der Waals surface area (Å²) < 4.78 is 4.96. The number of nitrogens with zero attached hydrogens (tertiary/aromatic N) is 1. The first kappa shape index (κ1) is 11.2. The van der Waals surface area contributed by atoms with Gasteiger partial charge in [0.25, 0.3) is 5.91 Å². The molecule has 0 aromatic heterocycles. The van der Waals surface area contributed by atoms with Crippen LogP contribution in [0.1, 0.15) is 15.9 Å². The van der Waals surface area contributed by atoms with Crippen LogP contribution in [0.15, 0.2) is 24.3 Å². The van der Waals surface area contributed by atoms with Crippen molar-refractivity contribution in [1.29, 1.82) is 5.26 Å². The zero-order chi connectivity index (χ0) is 11.1. The van der Waals surface area contributed by atoms with Gasteiger partial charge in [-0.15, -0.1) is 0 Å². The summed E-state index contributed by atoms with van der Waals surface area (Å²) in [6.07, 6.45) is 0. The maximum absolute atomic E-state index is 11.5. The molecule has 0 aliphatic rings. The molecule has 0 spiro atoms. The molecule has 4 nitrogen and oxygen atoms in total. The van der Waals surface area contributed by atoms with Crippen molar-refractivity contribution in [2.24, 2.45) is 0 Å². The lowest BCUT2D eigenvalue weighted by atomic mass is 10.1. The minimum atomic E-state index is -0.241. The Morgan fingerprint density at radius 1 is 1.60 bits per heavy atom. The maximum Gasteiger partial charge on any atom is 0.252 e. The second-order valence-electron chi connectivity index (χ2n) is 2.97. The smallest absolute Gasteiger partial charge is 0.252 e. The zero-order valence-electron chi connectivity index (χ0n) is 8.49. The highest BCUT2D eigenvalue weighted by Gasteiger charge is 2.04. The molecule has 0 atom stereocenters. The molecule has 15 heavy (non-hydrogen) atoms. The number of benzene rings is 1. The van der Waals surface area contributed by atoms with Crippen molar-refractivity contribution >= 4 is 5.91 Å². The summed E-state index contributed by atoms with van der Waals surface area (Å²) in [4.78, 5) is 11.5. The van der Waals surface area contributed by atoms with Crippen LogP contribution in [-0.2, 0) is 11.3 Å². The van der Waals surface area contributed by atoms with E-state index in [1.54, 1.807) is 25.3 Å². The topological polar surface area (TPSA) is 62.1 Å². The minimum absolute atomic E-state index is 0.0212. The van der Waals surface area contributed by atoms with E-state index in [0.717, 1.165) is 5.56 Å². The van der Waals surface area contributed by atoms with Gasteiger partial charge in [0.2, 0.25) is 0 Å². The highest BCUT2D eigenvalue weighted by molar-refractivity contribution is 5.94. The highest BCUT2D eigenvalue weighted by Crippen LogP contribution is 2.06. The first-order chi connectivity index (χ1) is 7.27. The van der Waals surface area contributed by atoms with E-state index < -0.39 is 0 Å². The standard InChI is InChI=1S/C11H12N2O2/c1-15-8-9-3-2-4-10(7-9)11(14)13-6-5-12/h2-4,7H,6,8H2,1H3,(H,13,14). The molecule has 1 amide bonds. The first-order valence-electron chi connectivity index (χ1n) is 4.51. The van der Waals surface area contributed by atoms with Gasteiger partial charge in [0, 0.05) is 12.7 Å². The summed E-state index contributed by atoms with van der Waals surface area (Å²) >= 11 is 0. The molecule has 0 unspecified atom stereocenters. The van der Waals surface area contributed by atoms with Gasteiger partial charge in [-0.1, -0.05) is 12.1 Å². The fourth-order valence-corrected chi connectivity index (χ4v) is 1.19. The van der Waals surface area contributed by atoms with E-state index in [2.05, 4.69) is 5.32 Å². The number of hydrogen-bond donors (Lipinski definition) is 1. The molecule has 0 aliphatic heterocycles. The Morgan fingerprint density at radius 2 is 2.40 bits per heavy atom. The minimum Gasteiger partial charge on any atom is -0.380 e. The molecule has 1 aromatic rings. The molecule has 0 radical (unpaired) electrons. The molecular weight excluding hydrogens is 192 g/mol. The van der Waals surface area contributed by atoms with Crippen molar-refractivity contribution in [3.8, 4) is 6.07 Å². The Bertz CT molecular complexity index is 382. The van der Waals surface area contributed by atoms with E-state index in [1.807, 2.05) is 12.1 Å². The molecule has 1 rings (SSSR count). The number of nitrogens with one attached hydrogen (secondary N) is 1. The average molecular weight is 204 g/mol. The van der Waals surface area contributed by atoms with E-state index in [9.17, 15) is 4.79 Å². The number of carbonyl (C=O) groups excluding carboxylic acids is 1. The molecule has 0 aliphatic carbocycles. The SMILES string of the molecule is COCc1cccc(C(=O)NCC#N)c1. The molecule has 0 bridgehead atoms. The molecule has 0 heterocycles. The normalized spacial score (nSPS) is 9.33. The van der Waals surface area contributed by atoms with Gasteiger partial charge in [-0.3, -0.25) is 4.79 Å². The Labute approximate surface area is 88.5 Å². The van der Waals surface area contributed by atoms with Crippen LogP contribution in [0.4, 0.5) is 0 Å². The van der Waals surface area contributed by atoms with Crippen molar-refractivity contribution in [1.82, 2.24) is 5.32 Å². The number of carbonyl (C=O) groups is 1. The van der Waals surface area contributed by atoms with E-state index in [4.69, 9.17) is 10.00 Å². The summed E-state index contributed by atoms with van der Waals surface area (Å²) in [5.74, 6) is -0.241. The van der Waals surface area contributed by atoms with Crippen LogP contribution in [0.25, 0.3) is 0 Å². The van der Waals surface area contributed by atoms with E-state index >= 15 is 0 Å². The average Bonchev–Trinajstić information content (AvgIpc) is 2.27. The largest absolute Gasteiger partial charge is 0.380 e. The fourth-order valence-electron chi connectivity index (χ4n) is 1.19. The van der Waals surface area contributed by atoms with Gasteiger partial charge in [0.15, 0.2) is 0 Å². The quantitative estimate of drug-likeness (QED) is 0.746. The molecule has 4 heteroatoms. The van der Waals surface area contributed by atoms with Crippen molar-refractivity contribution in [3.05, 3.63) is 35.4 Å². The Kier molecular flexibility index (Phi) is 4.32. The number of hydrogen-bond acceptors (Lipinski definition) is 3. The van der Waals surface area contributed by atoms with Crippen molar-refractivity contribution in [2.75, 3.05) is 13.7 Å². The van der Waals surface area contributed by atoms with E-state index in [1.165, 1.54) is 0 Å². The Hall–Kier alpha value is -1.86. The van der Waals surface area contributed by atoms with Crippen LogP contribution >= 0.6 is 0 Å². The molecule has 0 saturated heterocycles. The summed E-state index contributed by atoms with van der Waals surface area (Å²) in [5.41, 5.74) is 1.47. The van der Waals surface area contributed by atoms with Crippen LogP contribution in [-0.4, -0.2) is 19.6 Å². The molecule has 0 saturated carbocycles. The van der Waals surface area contributed by atoms with Crippen LogP contribution in [0.3, 0.4) is 0 Å². The third kappa shape index (κ3) is 3.41. The van der Waals surface area contributed by atoms with Gasteiger partial charge in [-0.05, 0) is 17.7 Å². The number of ether oxygens (including phenoxy) is 1.